The maximum Gasteiger partial charge on any atom is 0.326 e. The highest BCUT2D eigenvalue weighted by atomic mass is 32.2. The van der Waals surface area contributed by atoms with Crippen molar-refractivity contribution in [2.45, 2.75) is 13.5 Å². The van der Waals surface area contributed by atoms with Crippen molar-refractivity contribution in [1.29, 1.82) is 0 Å². The fourth-order valence-electron chi connectivity index (χ4n) is 2.18. The number of carbonyl (C=O) groups is 1. The van der Waals surface area contributed by atoms with Gasteiger partial charge >= 0.3 is 10.2 Å². The van der Waals surface area contributed by atoms with Gasteiger partial charge in [-0.2, -0.15) is 8.42 Å². The molecule has 1 aliphatic rings. The Labute approximate surface area is 140 Å². The van der Waals surface area contributed by atoms with Crippen molar-refractivity contribution >= 4 is 38.3 Å². The second-order valence-corrected chi connectivity index (χ2v) is 7.74. The van der Waals surface area contributed by atoms with Gasteiger partial charge in [0.1, 0.15) is 23.0 Å². The van der Waals surface area contributed by atoms with Crippen LogP contribution in [0, 0.1) is 12.7 Å². The molecule has 128 valence electrons. The van der Waals surface area contributed by atoms with Gasteiger partial charge in [0.15, 0.2) is 5.82 Å². The van der Waals surface area contributed by atoms with Gasteiger partial charge in [-0.15, -0.1) is 10.2 Å². The van der Waals surface area contributed by atoms with E-state index in [2.05, 4.69) is 15.5 Å². The minimum Gasteiger partial charge on any atom is -0.506 e. The topological polar surface area (TPSA) is 125 Å². The summed E-state index contributed by atoms with van der Waals surface area (Å²) in [6.45, 7) is 1.35. The third-order valence-electron chi connectivity index (χ3n) is 3.14. The van der Waals surface area contributed by atoms with Crippen molar-refractivity contribution < 1.29 is 22.7 Å². The molecule has 3 N–H and O–H groups in total. The highest BCUT2D eigenvalue weighted by Gasteiger charge is 2.37. The molecule has 0 spiro atoms. The largest absolute Gasteiger partial charge is 0.506 e. The minimum absolute atomic E-state index is 0.156. The number of amides is 1. The Hall–Kier alpha value is -2.47. The average Bonchev–Trinajstić information content (AvgIpc) is 2.99. The summed E-state index contributed by atoms with van der Waals surface area (Å²) >= 11 is 1.32. The molecule has 24 heavy (non-hydrogen) atoms. The van der Waals surface area contributed by atoms with E-state index in [9.17, 15) is 22.7 Å². The SMILES string of the molecule is Cc1nnc(NCc2cc(O)c(N3CC(=O)NS3(=O)=O)c(F)c2)s1. The molecule has 1 aromatic heterocycles. The van der Waals surface area contributed by atoms with Crippen molar-refractivity contribution in [3.63, 3.8) is 0 Å². The molecule has 9 nitrogen and oxygen atoms in total. The van der Waals surface area contributed by atoms with E-state index < -0.39 is 39.9 Å². The Morgan fingerprint density at radius 1 is 1.46 bits per heavy atom. The quantitative estimate of drug-likeness (QED) is 0.712. The Morgan fingerprint density at radius 2 is 2.21 bits per heavy atom. The van der Waals surface area contributed by atoms with E-state index in [1.54, 1.807) is 11.6 Å². The van der Waals surface area contributed by atoms with Crippen molar-refractivity contribution in [2.24, 2.45) is 0 Å². The number of benzene rings is 1. The second kappa shape index (κ2) is 5.87. The van der Waals surface area contributed by atoms with Gasteiger partial charge in [0.25, 0.3) is 5.91 Å². The van der Waals surface area contributed by atoms with Crippen LogP contribution in [-0.2, 0) is 21.5 Å². The summed E-state index contributed by atoms with van der Waals surface area (Å²) in [4.78, 5) is 11.2. The number of nitrogens with one attached hydrogen (secondary N) is 2. The third-order valence-corrected chi connectivity index (χ3v) is 5.32. The molecule has 3 rings (SSSR count). The highest BCUT2D eigenvalue weighted by Crippen LogP contribution is 2.34. The van der Waals surface area contributed by atoms with Gasteiger partial charge in [0.05, 0.1) is 0 Å². The van der Waals surface area contributed by atoms with E-state index in [0.717, 1.165) is 11.1 Å². The van der Waals surface area contributed by atoms with Crippen LogP contribution >= 0.6 is 11.3 Å². The first-order chi connectivity index (χ1) is 11.3. The molecule has 1 amide bonds. The molecular formula is C12H12FN5O4S2. The fourth-order valence-corrected chi connectivity index (χ4v) is 3.94. The molecule has 0 unspecified atom stereocenters. The smallest absolute Gasteiger partial charge is 0.326 e. The average molecular weight is 373 g/mol. The predicted octanol–water partition coefficient (Wildman–Crippen LogP) is 0.484. The lowest BCUT2D eigenvalue weighted by Crippen LogP contribution is -2.30. The number of hydrogen-bond donors (Lipinski definition) is 3. The summed E-state index contributed by atoms with van der Waals surface area (Å²) in [6, 6.07) is 2.30. The first-order valence-electron chi connectivity index (χ1n) is 6.65. The van der Waals surface area contributed by atoms with Gasteiger partial charge < -0.3 is 10.4 Å². The highest BCUT2D eigenvalue weighted by molar-refractivity contribution is 7.92. The zero-order valence-electron chi connectivity index (χ0n) is 12.3. The minimum atomic E-state index is -4.20. The summed E-state index contributed by atoms with van der Waals surface area (Å²) in [5, 5.41) is 21.9. The van der Waals surface area contributed by atoms with Crippen LogP contribution in [0.15, 0.2) is 12.1 Å². The van der Waals surface area contributed by atoms with Crippen LogP contribution in [0.5, 0.6) is 5.75 Å². The summed E-state index contributed by atoms with van der Waals surface area (Å²) < 4.78 is 40.0. The summed E-state index contributed by atoms with van der Waals surface area (Å²) in [6.07, 6.45) is 0. The Morgan fingerprint density at radius 3 is 2.75 bits per heavy atom. The van der Waals surface area contributed by atoms with Crippen LogP contribution in [0.1, 0.15) is 10.6 Å². The van der Waals surface area contributed by atoms with Crippen LogP contribution in [0.3, 0.4) is 0 Å². The molecule has 0 atom stereocenters. The lowest BCUT2D eigenvalue weighted by Gasteiger charge is -2.17. The molecule has 1 saturated heterocycles. The molecule has 0 radical (unpaired) electrons. The molecule has 2 aromatic rings. The van der Waals surface area contributed by atoms with E-state index in [0.29, 0.717) is 15.0 Å². The van der Waals surface area contributed by atoms with Crippen molar-refractivity contribution in [1.82, 2.24) is 14.9 Å². The van der Waals surface area contributed by atoms with E-state index >= 15 is 0 Å². The Kier molecular flexibility index (Phi) is 4.01. The second-order valence-electron chi connectivity index (χ2n) is 4.96. The van der Waals surface area contributed by atoms with Crippen LogP contribution in [0.4, 0.5) is 15.2 Å². The van der Waals surface area contributed by atoms with Crippen molar-refractivity contribution in [3.8, 4) is 5.75 Å². The molecular weight excluding hydrogens is 361 g/mol. The zero-order chi connectivity index (χ0) is 17.5. The molecule has 1 fully saturated rings. The first kappa shape index (κ1) is 16.4. The van der Waals surface area contributed by atoms with E-state index in [1.165, 1.54) is 17.4 Å². The molecule has 12 heteroatoms. The molecule has 0 saturated carbocycles. The number of carbonyl (C=O) groups excluding carboxylic acids is 1. The van der Waals surface area contributed by atoms with Crippen LogP contribution in [-0.4, -0.2) is 36.2 Å². The van der Waals surface area contributed by atoms with E-state index in [1.807, 2.05) is 0 Å². The van der Waals surface area contributed by atoms with Gasteiger partial charge in [-0.3, -0.25) is 4.79 Å². The number of anilines is 2. The molecule has 1 aromatic carbocycles. The molecule has 1 aliphatic heterocycles. The van der Waals surface area contributed by atoms with Crippen LogP contribution < -0.4 is 14.3 Å². The summed E-state index contributed by atoms with van der Waals surface area (Å²) in [7, 11) is -4.20. The van der Waals surface area contributed by atoms with Gasteiger partial charge in [-0.05, 0) is 24.6 Å². The normalized spacial score (nSPS) is 16.2. The molecule has 0 aliphatic carbocycles. The van der Waals surface area contributed by atoms with E-state index in [-0.39, 0.29) is 6.54 Å². The number of aryl methyl sites for hydroxylation is 1. The zero-order valence-corrected chi connectivity index (χ0v) is 13.9. The van der Waals surface area contributed by atoms with Crippen molar-refractivity contribution in [2.75, 3.05) is 16.2 Å². The summed E-state index contributed by atoms with van der Waals surface area (Å²) in [5.41, 5.74) is -0.193. The van der Waals surface area contributed by atoms with Gasteiger partial charge in [0, 0.05) is 6.54 Å². The number of phenolic OH excluding ortho intramolecular Hbond substituents is 1. The molecule has 2 heterocycles. The standard InChI is InChI=1S/C12H12FN5O4S2/c1-6-15-16-12(23-6)14-4-7-2-8(13)11(9(19)3-7)18-5-10(20)17-24(18,21)22/h2-3,19H,4-5H2,1H3,(H,14,16)(H,17,20). The maximum absolute atomic E-state index is 14.3. The maximum atomic E-state index is 14.3. The van der Waals surface area contributed by atoms with Gasteiger partial charge in [-0.25, -0.2) is 13.4 Å². The Bertz CT molecular complexity index is 891. The molecule has 0 bridgehead atoms. The first-order valence-corrected chi connectivity index (χ1v) is 8.90. The van der Waals surface area contributed by atoms with E-state index in [4.69, 9.17) is 0 Å². The van der Waals surface area contributed by atoms with Gasteiger partial charge in [-0.1, -0.05) is 11.3 Å². The Balaban J connectivity index is 1.85. The monoisotopic (exact) mass is 373 g/mol. The van der Waals surface area contributed by atoms with Crippen LogP contribution in [0.2, 0.25) is 0 Å². The fraction of sp³-hybridized carbons (Fsp3) is 0.250. The third kappa shape index (κ3) is 3.10. The summed E-state index contributed by atoms with van der Waals surface area (Å²) in [5.74, 6) is -2.34. The number of nitrogens with zero attached hydrogens (tertiary/aromatic N) is 3. The number of rotatable bonds is 4. The van der Waals surface area contributed by atoms with Gasteiger partial charge in [0.2, 0.25) is 5.13 Å². The number of halogens is 1. The number of aromatic nitrogens is 2. The van der Waals surface area contributed by atoms with Crippen LogP contribution in [0.25, 0.3) is 0 Å². The lowest BCUT2D eigenvalue weighted by molar-refractivity contribution is -0.117. The lowest BCUT2D eigenvalue weighted by atomic mass is 10.1. The number of hydrogen-bond acceptors (Lipinski definition) is 8. The predicted molar refractivity (Wildman–Crippen MR) is 84.4 cm³/mol. The number of aromatic hydroxyl groups is 1. The number of phenols is 1. The van der Waals surface area contributed by atoms with Crippen molar-refractivity contribution in [3.05, 3.63) is 28.5 Å².